The van der Waals surface area contributed by atoms with Gasteiger partial charge in [-0.3, -0.25) is 10.00 Å². The third-order valence-electron chi connectivity index (χ3n) is 4.62. The zero-order valence-corrected chi connectivity index (χ0v) is 15.6. The fraction of sp³-hybridized carbons (Fsp3) is 0.500. The zero-order valence-electron chi connectivity index (χ0n) is 15.6. The molecule has 2 aromatic heterocycles. The van der Waals surface area contributed by atoms with Gasteiger partial charge < -0.3 is 20.4 Å². The van der Waals surface area contributed by atoms with Gasteiger partial charge >= 0.3 is 12.3 Å². The molecule has 1 amide bonds. The highest BCUT2D eigenvalue weighted by atomic mass is 19.4. The summed E-state index contributed by atoms with van der Waals surface area (Å²) in [7, 11) is 0. The summed E-state index contributed by atoms with van der Waals surface area (Å²) in [6, 6.07) is -0.215. The molecule has 1 fully saturated rings. The Bertz CT molecular complexity index is 862. The van der Waals surface area contributed by atoms with Crippen molar-refractivity contribution in [2.45, 2.75) is 38.2 Å². The SMILES string of the molecule is Cc1cc(Nc2ccn[nH]2)nc(N2C[C@@H](O)[C@H](N(C(=O)O)C(C)C(F)(F)F)C2)n1. The van der Waals surface area contributed by atoms with Gasteiger partial charge in [-0.05, 0) is 13.8 Å². The number of rotatable bonds is 5. The highest BCUT2D eigenvalue weighted by molar-refractivity contribution is 5.66. The standard InChI is InChI=1S/C16H20F3N7O3/c1-8-5-13(22-12-3-4-20-24-12)23-14(21-8)25-6-10(11(27)7-25)26(15(28)29)9(2)16(17,18)19/h3-5,9-11,27H,6-7H2,1-2H3,(H,28,29)(H2,20,21,22,23,24)/t9?,10-,11-/m1/s1. The number of aryl methyl sites for hydroxylation is 1. The molecule has 158 valence electrons. The van der Waals surface area contributed by atoms with E-state index in [2.05, 4.69) is 25.5 Å². The van der Waals surface area contributed by atoms with Crippen molar-refractivity contribution in [1.82, 2.24) is 25.1 Å². The first-order valence-corrected chi connectivity index (χ1v) is 8.69. The largest absolute Gasteiger partial charge is 0.465 e. The van der Waals surface area contributed by atoms with E-state index < -0.39 is 30.5 Å². The molecule has 1 aliphatic heterocycles. The van der Waals surface area contributed by atoms with Crippen LogP contribution in [-0.2, 0) is 0 Å². The molecule has 3 atom stereocenters. The molecule has 1 unspecified atom stereocenters. The van der Waals surface area contributed by atoms with E-state index in [1.165, 1.54) is 4.90 Å². The van der Waals surface area contributed by atoms with Crippen LogP contribution in [0.5, 0.6) is 0 Å². The van der Waals surface area contributed by atoms with Crippen molar-refractivity contribution in [3.05, 3.63) is 24.0 Å². The molecule has 29 heavy (non-hydrogen) atoms. The maximum Gasteiger partial charge on any atom is 0.408 e. The number of anilines is 3. The summed E-state index contributed by atoms with van der Waals surface area (Å²) in [5, 5.41) is 29.1. The van der Waals surface area contributed by atoms with Crippen molar-refractivity contribution >= 4 is 23.7 Å². The van der Waals surface area contributed by atoms with Crippen molar-refractivity contribution in [1.29, 1.82) is 0 Å². The summed E-state index contributed by atoms with van der Waals surface area (Å²) < 4.78 is 39.3. The van der Waals surface area contributed by atoms with E-state index in [-0.39, 0.29) is 23.9 Å². The molecule has 3 rings (SSSR count). The van der Waals surface area contributed by atoms with E-state index in [4.69, 9.17) is 0 Å². The normalized spacial score (nSPS) is 20.6. The number of aliphatic hydroxyl groups is 1. The summed E-state index contributed by atoms with van der Waals surface area (Å²) in [5.74, 6) is 1.15. The van der Waals surface area contributed by atoms with Crippen LogP contribution in [0.1, 0.15) is 12.6 Å². The van der Waals surface area contributed by atoms with E-state index >= 15 is 0 Å². The molecule has 0 saturated carbocycles. The third-order valence-corrected chi connectivity index (χ3v) is 4.62. The Kier molecular flexibility index (Phi) is 5.50. The minimum Gasteiger partial charge on any atom is -0.465 e. The van der Waals surface area contributed by atoms with Gasteiger partial charge in [0.1, 0.15) is 17.7 Å². The minimum atomic E-state index is -4.76. The first-order chi connectivity index (χ1) is 13.6. The van der Waals surface area contributed by atoms with Crippen LogP contribution in [0, 0.1) is 6.92 Å². The van der Waals surface area contributed by atoms with Gasteiger partial charge in [-0.15, -0.1) is 0 Å². The van der Waals surface area contributed by atoms with Gasteiger partial charge in [0.15, 0.2) is 0 Å². The maximum absolute atomic E-state index is 13.1. The van der Waals surface area contributed by atoms with E-state index in [1.54, 1.807) is 25.3 Å². The molecule has 13 heteroatoms. The zero-order chi connectivity index (χ0) is 21.3. The number of amides is 1. The lowest BCUT2D eigenvalue weighted by Gasteiger charge is -2.34. The average Bonchev–Trinajstić information content (AvgIpc) is 3.24. The van der Waals surface area contributed by atoms with E-state index in [0.717, 1.165) is 6.92 Å². The summed E-state index contributed by atoms with van der Waals surface area (Å²) in [5.41, 5.74) is 0.578. The number of aliphatic hydroxyl groups excluding tert-OH is 1. The molecule has 0 aliphatic carbocycles. The number of halogens is 3. The third kappa shape index (κ3) is 4.50. The Morgan fingerprint density at radius 3 is 2.72 bits per heavy atom. The molecule has 0 bridgehead atoms. The molecular weight excluding hydrogens is 395 g/mol. The lowest BCUT2D eigenvalue weighted by Crippen LogP contribution is -2.55. The number of hydrogen-bond donors (Lipinski definition) is 4. The number of aromatic nitrogens is 4. The summed E-state index contributed by atoms with van der Waals surface area (Å²) in [6.45, 7) is 2.18. The Labute approximate surface area is 163 Å². The van der Waals surface area contributed by atoms with Crippen LogP contribution < -0.4 is 10.2 Å². The van der Waals surface area contributed by atoms with Crippen molar-refractivity contribution < 1.29 is 28.2 Å². The number of hydrogen-bond acceptors (Lipinski definition) is 7. The number of H-pyrrole nitrogens is 1. The minimum absolute atomic E-state index is 0.105. The fourth-order valence-corrected chi connectivity index (χ4v) is 3.18. The first kappa shape index (κ1) is 20.6. The number of β-amino-alcohol motifs (C(OH)–C–C–N with tert-alkyl or cyclic N) is 1. The van der Waals surface area contributed by atoms with Gasteiger partial charge in [0.2, 0.25) is 5.95 Å². The van der Waals surface area contributed by atoms with Crippen LogP contribution >= 0.6 is 0 Å². The van der Waals surface area contributed by atoms with Gasteiger partial charge in [0.05, 0.1) is 18.3 Å². The van der Waals surface area contributed by atoms with Crippen molar-refractivity contribution in [2.75, 3.05) is 23.3 Å². The van der Waals surface area contributed by atoms with Gasteiger partial charge in [0.25, 0.3) is 0 Å². The number of carboxylic acid groups (broad SMARTS) is 1. The Balaban J connectivity index is 1.83. The second-order valence-corrected chi connectivity index (χ2v) is 6.74. The lowest BCUT2D eigenvalue weighted by molar-refractivity contribution is -0.180. The summed E-state index contributed by atoms with van der Waals surface area (Å²) in [4.78, 5) is 21.8. The quantitative estimate of drug-likeness (QED) is 0.581. The van der Waals surface area contributed by atoms with Crippen molar-refractivity contribution in [3.63, 3.8) is 0 Å². The van der Waals surface area contributed by atoms with Gasteiger partial charge in [-0.25, -0.2) is 9.78 Å². The fourth-order valence-electron chi connectivity index (χ4n) is 3.18. The molecular formula is C16H20F3N7O3. The van der Waals surface area contributed by atoms with Gasteiger partial charge in [-0.1, -0.05) is 0 Å². The number of carbonyl (C=O) groups is 1. The van der Waals surface area contributed by atoms with Crippen LogP contribution in [0.3, 0.4) is 0 Å². The van der Waals surface area contributed by atoms with Crippen LogP contribution in [0.2, 0.25) is 0 Å². The number of nitrogens with zero attached hydrogens (tertiary/aromatic N) is 5. The molecule has 2 aromatic rings. The highest BCUT2D eigenvalue weighted by Gasteiger charge is 2.49. The molecule has 0 radical (unpaired) electrons. The molecule has 4 N–H and O–H groups in total. The van der Waals surface area contributed by atoms with Gasteiger partial charge in [-0.2, -0.15) is 23.3 Å². The van der Waals surface area contributed by atoms with E-state index in [9.17, 15) is 28.2 Å². The van der Waals surface area contributed by atoms with Crippen LogP contribution in [0.25, 0.3) is 0 Å². The lowest BCUT2D eigenvalue weighted by atomic mass is 10.1. The second-order valence-electron chi connectivity index (χ2n) is 6.74. The van der Waals surface area contributed by atoms with E-state index in [0.29, 0.717) is 17.3 Å². The Morgan fingerprint density at radius 1 is 1.41 bits per heavy atom. The Hall–Kier alpha value is -3.09. The average molecular weight is 415 g/mol. The summed E-state index contributed by atoms with van der Waals surface area (Å²) in [6.07, 6.45) is -6.30. The number of alkyl halides is 3. The summed E-state index contributed by atoms with van der Waals surface area (Å²) >= 11 is 0. The number of nitrogens with one attached hydrogen (secondary N) is 2. The van der Waals surface area contributed by atoms with Crippen LogP contribution in [0.4, 0.5) is 35.5 Å². The van der Waals surface area contributed by atoms with Crippen molar-refractivity contribution in [2.24, 2.45) is 0 Å². The first-order valence-electron chi connectivity index (χ1n) is 8.69. The smallest absolute Gasteiger partial charge is 0.408 e. The van der Waals surface area contributed by atoms with Crippen molar-refractivity contribution in [3.8, 4) is 0 Å². The van der Waals surface area contributed by atoms with Crippen LogP contribution in [0.15, 0.2) is 18.3 Å². The molecule has 1 saturated heterocycles. The van der Waals surface area contributed by atoms with Gasteiger partial charge in [0, 0.05) is 30.9 Å². The molecule has 0 aromatic carbocycles. The molecule has 3 heterocycles. The molecule has 1 aliphatic rings. The second kappa shape index (κ2) is 7.73. The monoisotopic (exact) mass is 415 g/mol. The molecule has 0 spiro atoms. The van der Waals surface area contributed by atoms with E-state index in [1.807, 2.05) is 0 Å². The maximum atomic E-state index is 13.1. The molecule has 10 nitrogen and oxygen atoms in total. The number of aromatic amines is 1. The highest BCUT2D eigenvalue weighted by Crippen LogP contribution is 2.30. The predicted molar refractivity (Wildman–Crippen MR) is 96.0 cm³/mol. The topological polar surface area (TPSA) is 130 Å². The van der Waals surface area contributed by atoms with Crippen LogP contribution in [-0.4, -0.2) is 78.8 Å². The Morgan fingerprint density at radius 2 is 2.14 bits per heavy atom. The predicted octanol–water partition coefficient (Wildman–Crippen LogP) is 1.73.